The van der Waals surface area contributed by atoms with Gasteiger partial charge in [-0.2, -0.15) is 0 Å². The molecule has 3 fully saturated rings. The molecule has 1 saturated heterocycles. The number of nitrogens with zero attached hydrogens (tertiary/aromatic N) is 2. The molecule has 15 heteroatoms. The van der Waals surface area contributed by atoms with Crippen LogP contribution >= 0.6 is 0 Å². The smallest absolute Gasteiger partial charge is 0.259 e. The second-order valence-corrected chi connectivity index (χ2v) is 16.3. The fourth-order valence-electron chi connectivity index (χ4n) is 7.13. The fraction of sp³-hybridized carbons (Fsp3) is 0.588. The molecule has 0 radical (unpaired) electrons. The summed E-state index contributed by atoms with van der Waals surface area (Å²) in [7, 11) is -2.99. The van der Waals surface area contributed by atoms with Gasteiger partial charge in [-0.3, -0.25) is 19.1 Å². The predicted molar refractivity (Wildman–Crippen MR) is 176 cm³/mol. The number of sulfonamides is 1. The van der Waals surface area contributed by atoms with Crippen molar-refractivity contribution in [1.29, 1.82) is 0 Å². The van der Waals surface area contributed by atoms with E-state index < -0.39 is 74.6 Å². The summed E-state index contributed by atoms with van der Waals surface area (Å²) >= 11 is 0. The molecule has 2 aliphatic heterocycles. The number of hydrogen-bond acceptors (Lipinski definition) is 9. The predicted octanol–water partition coefficient (Wildman–Crippen LogP) is 2.89. The standard InChI is InChI=1S/C34H43F2N5O7S/c1-19-6-4-5-7-22-16-34(22,32(44)40-49(45,46)33(18-35)9-10-33)39-29(42)26-14-23(17-41(26)31(43)28(37)20(2)12-19)48-30-24-15-25(36)27(47-3)13-21(24)8-11-38-30/h5,7-8,11,13,15,19-20,22-23,26,28H,4,6,9-10,12,14,16-18,37H2,1-3H3,(H,39,42)(H,40,44)/t19-,20-,22-,23-,26+,28+,34-/m1/s1. The van der Waals surface area contributed by atoms with Crippen molar-refractivity contribution in [3.63, 3.8) is 0 Å². The van der Waals surface area contributed by atoms with Crippen LogP contribution in [0.25, 0.3) is 10.8 Å². The van der Waals surface area contributed by atoms with Gasteiger partial charge in [-0.1, -0.05) is 26.0 Å². The Balaban J connectivity index is 1.31. The lowest BCUT2D eigenvalue weighted by Gasteiger charge is -2.30. The molecule has 3 amide bonds. The molecule has 2 saturated carbocycles. The van der Waals surface area contributed by atoms with E-state index in [0.29, 0.717) is 23.6 Å². The van der Waals surface area contributed by atoms with E-state index in [9.17, 15) is 31.6 Å². The summed E-state index contributed by atoms with van der Waals surface area (Å²) in [6, 6.07) is 2.37. The van der Waals surface area contributed by atoms with Crippen LogP contribution in [-0.2, 0) is 24.4 Å². The van der Waals surface area contributed by atoms with E-state index in [0.717, 1.165) is 6.42 Å². The number of carbonyl (C=O) groups is 3. The summed E-state index contributed by atoms with van der Waals surface area (Å²) in [6.45, 7) is 2.80. The number of amides is 3. The van der Waals surface area contributed by atoms with Gasteiger partial charge in [-0.15, -0.1) is 0 Å². The lowest BCUT2D eigenvalue weighted by molar-refractivity contribution is -0.141. The summed E-state index contributed by atoms with van der Waals surface area (Å²) in [5.41, 5.74) is 4.90. The number of fused-ring (bicyclic) bond motifs is 3. The van der Waals surface area contributed by atoms with Gasteiger partial charge in [0.25, 0.3) is 5.91 Å². The van der Waals surface area contributed by atoms with Gasteiger partial charge in [-0.05, 0) is 73.9 Å². The Hall–Kier alpha value is -3.85. The van der Waals surface area contributed by atoms with Crippen molar-refractivity contribution in [3.05, 3.63) is 42.4 Å². The lowest BCUT2D eigenvalue weighted by Crippen LogP contribution is -2.58. The van der Waals surface area contributed by atoms with E-state index in [1.54, 1.807) is 12.1 Å². The molecule has 4 N–H and O–H groups in total. The van der Waals surface area contributed by atoms with Crippen LogP contribution in [0.15, 0.2) is 36.5 Å². The zero-order valence-corrected chi connectivity index (χ0v) is 28.6. The number of halogens is 2. The fourth-order valence-corrected chi connectivity index (χ4v) is 8.55. The number of allylic oxidation sites excluding steroid dienone is 1. The number of pyridine rings is 1. The van der Waals surface area contributed by atoms with Gasteiger partial charge in [0.1, 0.15) is 29.1 Å². The van der Waals surface area contributed by atoms with E-state index in [1.807, 2.05) is 13.0 Å². The zero-order chi connectivity index (χ0) is 35.3. The molecule has 1 aromatic carbocycles. The first-order chi connectivity index (χ1) is 23.2. The molecule has 3 heterocycles. The molecule has 2 aromatic rings. The van der Waals surface area contributed by atoms with Crippen molar-refractivity contribution in [2.75, 3.05) is 20.3 Å². The minimum Gasteiger partial charge on any atom is -0.494 e. The average Bonchev–Trinajstić information content (AvgIpc) is 3.97. The molecule has 0 bridgehead atoms. The first kappa shape index (κ1) is 35.0. The van der Waals surface area contributed by atoms with Gasteiger partial charge < -0.3 is 25.4 Å². The minimum absolute atomic E-state index is 0.00670. The zero-order valence-electron chi connectivity index (χ0n) is 27.8. The van der Waals surface area contributed by atoms with Crippen molar-refractivity contribution in [2.45, 2.75) is 87.3 Å². The molecular weight excluding hydrogens is 660 g/mol. The topological polar surface area (TPSA) is 170 Å². The number of aromatic nitrogens is 1. The monoisotopic (exact) mass is 703 g/mol. The summed E-state index contributed by atoms with van der Waals surface area (Å²) in [5.74, 6) is -3.07. The molecule has 6 rings (SSSR count). The highest BCUT2D eigenvalue weighted by atomic mass is 32.2. The van der Waals surface area contributed by atoms with Crippen LogP contribution in [0.3, 0.4) is 0 Å². The SMILES string of the molecule is COc1cc2ccnc(O[C@@H]3C[C@H]4C(=O)N[C@]5(C(=O)NS(=O)(=O)C6(CF)CC6)C[C@H]5C=CCC[C@@H](C)C[C@@H](C)[C@H](N)C(=O)N4C3)c2cc1F. The average molecular weight is 704 g/mol. The largest absolute Gasteiger partial charge is 0.494 e. The highest BCUT2D eigenvalue weighted by Crippen LogP contribution is 2.48. The summed E-state index contributed by atoms with van der Waals surface area (Å²) in [4.78, 5) is 47.4. The molecule has 4 aliphatic rings. The van der Waals surface area contributed by atoms with Crippen LogP contribution < -0.4 is 25.2 Å². The van der Waals surface area contributed by atoms with Crippen molar-refractivity contribution in [1.82, 2.24) is 19.9 Å². The maximum absolute atomic E-state index is 14.7. The molecule has 49 heavy (non-hydrogen) atoms. The summed E-state index contributed by atoms with van der Waals surface area (Å²) in [6.07, 6.45) is 6.90. The Morgan fingerprint density at radius 1 is 1.22 bits per heavy atom. The van der Waals surface area contributed by atoms with Crippen LogP contribution in [0.4, 0.5) is 8.78 Å². The minimum atomic E-state index is -4.35. The second kappa shape index (κ2) is 13.1. The molecule has 1 aromatic heterocycles. The third-order valence-electron chi connectivity index (χ3n) is 10.6. The number of methoxy groups -OCH3 is 1. The molecule has 12 nitrogen and oxygen atoms in total. The first-order valence-corrected chi connectivity index (χ1v) is 18.2. The number of nitrogens with one attached hydrogen (secondary N) is 2. The Labute approximate surface area is 284 Å². The maximum atomic E-state index is 14.7. The highest BCUT2D eigenvalue weighted by Gasteiger charge is 2.64. The number of rotatable bonds is 7. The second-order valence-electron chi connectivity index (χ2n) is 14.2. The van der Waals surface area contributed by atoms with E-state index in [2.05, 4.69) is 21.9 Å². The van der Waals surface area contributed by atoms with Gasteiger partial charge in [0.2, 0.25) is 27.7 Å². The van der Waals surface area contributed by atoms with Crippen molar-refractivity contribution < 1.29 is 41.1 Å². The van der Waals surface area contributed by atoms with Crippen molar-refractivity contribution in [2.24, 2.45) is 23.5 Å². The third-order valence-corrected chi connectivity index (χ3v) is 12.7. The van der Waals surface area contributed by atoms with Gasteiger partial charge >= 0.3 is 0 Å². The molecular formula is C34H43F2N5O7S. The Morgan fingerprint density at radius 3 is 2.67 bits per heavy atom. The van der Waals surface area contributed by atoms with Crippen LogP contribution in [-0.4, -0.2) is 84.8 Å². The van der Waals surface area contributed by atoms with Gasteiger partial charge in [0, 0.05) is 23.9 Å². The van der Waals surface area contributed by atoms with Crippen LogP contribution in [0.2, 0.25) is 0 Å². The Bertz CT molecular complexity index is 1790. The number of benzene rings is 1. The van der Waals surface area contributed by atoms with E-state index >= 15 is 0 Å². The Morgan fingerprint density at radius 2 is 1.98 bits per heavy atom. The number of nitrogens with two attached hydrogens (primary N) is 1. The maximum Gasteiger partial charge on any atom is 0.259 e. The van der Waals surface area contributed by atoms with Gasteiger partial charge in [-0.25, -0.2) is 22.2 Å². The molecule has 0 spiro atoms. The molecule has 7 atom stereocenters. The Kier molecular flexibility index (Phi) is 9.37. The van der Waals surface area contributed by atoms with E-state index in [1.165, 1.54) is 30.3 Å². The lowest BCUT2D eigenvalue weighted by atomic mass is 9.88. The quantitative estimate of drug-likeness (QED) is 0.367. The van der Waals surface area contributed by atoms with Gasteiger partial charge in [0.05, 0.1) is 19.7 Å². The molecule has 2 aliphatic carbocycles. The number of hydrogen-bond donors (Lipinski definition) is 3. The number of alkyl halides is 1. The van der Waals surface area contributed by atoms with Crippen molar-refractivity contribution in [3.8, 4) is 11.6 Å². The van der Waals surface area contributed by atoms with E-state index in [-0.39, 0.29) is 55.7 Å². The first-order valence-electron chi connectivity index (χ1n) is 16.7. The normalized spacial score (nSPS) is 31.5. The van der Waals surface area contributed by atoms with Crippen LogP contribution in [0.1, 0.15) is 58.8 Å². The van der Waals surface area contributed by atoms with E-state index in [4.69, 9.17) is 15.2 Å². The highest BCUT2D eigenvalue weighted by molar-refractivity contribution is 7.91. The molecule has 266 valence electrons. The number of ether oxygens (including phenoxy) is 2. The van der Waals surface area contributed by atoms with Crippen LogP contribution in [0, 0.1) is 23.6 Å². The van der Waals surface area contributed by atoms with Crippen molar-refractivity contribution >= 4 is 38.5 Å². The van der Waals surface area contributed by atoms with Gasteiger partial charge in [0.15, 0.2) is 11.6 Å². The number of carbonyl (C=O) groups excluding carboxylic acids is 3. The summed E-state index contributed by atoms with van der Waals surface area (Å²) in [5, 5.41) is 3.75. The molecule has 0 unspecified atom stereocenters. The summed E-state index contributed by atoms with van der Waals surface area (Å²) < 4.78 is 66.2. The third kappa shape index (κ3) is 6.58. The van der Waals surface area contributed by atoms with Crippen LogP contribution in [0.5, 0.6) is 11.6 Å².